The summed E-state index contributed by atoms with van der Waals surface area (Å²) in [5.41, 5.74) is 1.81. The summed E-state index contributed by atoms with van der Waals surface area (Å²) >= 11 is 0. The van der Waals surface area contributed by atoms with Gasteiger partial charge < -0.3 is 9.47 Å². The number of hydrogen-bond acceptors (Lipinski definition) is 5. The molecular weight excluding hydrogens is 268 g/mol. The van der Waals surface area contributed by atoms with Crippen LogP contribution in [0.25, 0.3) is 11.1 Å². The van der Waals surface area contributed by atoms with Crippen LogP contribution in [0, 0.1) is 11.3 Å². The van der Waals surface area contributed by atoms with E-state index in [1.165, 1.54) is 6.20 Å². The van der Waals surface area contributed by atoms with Gasteiger partial charge in [-0.05, 0) is 19.1 Å². The highest BCUT2D eigenvalue weighted by molar-refractivity contribution is 5.98. The molecule has 5 nitrogen and oxygen atoms in total. The Morgan fingerprint density at radius 3 is 2.76 bits per heavy atom. The van der Waals surface area contributed by atoms with Crippen LogP contribution in [0.5, 0.6) is 5.75 Å². The molecule has 0 saturated heterocycles. The van der Waals surface area contributed by atoms with E-state index in [-0.39, 0.29) is 12.3 Å². The molecule has 0 unspecified atom stereocenters. The van der Waals surface area contributed by atoms with Gasteiger partial charge in [-0.15, -0.1) is 0 Å². The molecule has 2 rings (SSSR count). The Hall–Kier alpha value is -2.87. The number of hydrogen-bond donors (Lipinski definition) is 0. The van der Waals surface area contributed by atoms with Gasteiger partial charge in [0, 0.05) is 17.3 Å². The van der Waals surface area contributed by atoms with Crippen molar-refractivity contribution < 1.29 is 14.3 Å². The third kappa shape index (κ3) is 3.00. The Morgan fingerprint density at radius 2 is 2.10 bits per heavy atom. The summed E-state index contributed by atoms with van der Waals surface area (Å²) in [6.07, 6.45) is 1.36. The highest BCUT2D eigenvalue weighted by atomic mass is 16.5. The van der Waals surface area contributed by atoms with E-state index < -0.39 is 5.97 Å². The molecule has 0 amide bonds. The van der Waals surface area contributed by atoms with Crippen LogP contribution in [0.2, 0.25) is 0 Å². The SMILES string of the molecule is CCOC(=O)c1cnc(C#N)cc1-c1ccccc1OC. The lowest BCUT2D eigenvalue weighted by Gasteiger charge is -2.12. The number of nitriles is 1. The summed E-state index contributed by atoms with van der Waals surface area (Å²) in [5, 5.41) is 9.01. The first-order valence-corrected chi connectivity index (χ1v) is 6.42. The van der Waals surface area contributed by atoms with E-state index in [0.717, 1.165) is 0 Å². The fourth-order valence-corrected chi connectivity index (χ4v) is 1.98. The van der Waals surface area contributed by atoms with Crippen LogP contribution < -0.4 is 4.74 Å². The van der Waals surface area contributed by atoms with E-state index in [0.29, 0.717) is 22.4 Å². The maximum Gasteiger partial charge on any atom is 0.340 e. The van der Waals surface area contributed by atoms with Crippen LogP contribution in [-0.4, -0.2) is 24.7 Å². The second kappa shape index (κ2) is 6.53. The molecule has 0 saturated carbocycles. The van der Waals surface area contributed by atoms with Gasteiger partial charge in [0.05, 0.1) is 19.3 Å². The van der Waals surface area contributed by atoms with Crippen molar-refractivity contribution in [2.45, 2.75) is 6.92 Å². The highest BCUT2D eigenvalue weighted by Gasteiger charge is 2.18. The molecule has 0 bridgehead atoms. The Balaban J connectivity index is 2.64. The molecule has 1 aromatic heterocycles. The van der Waals surface area contributed by atoms with Gasteiger partial charge in [-0.1, -0.05) is 18.2 Å². The predicted molar refractivity (Wildman–Crippen MR) is 76.9 cm³/mol. The van der Waals surface area contributed by atoms with Crippen LogP contribution >= 0.6 is 0 Å². The molecule has 0 radical (unpaired) electrons. The van der Waals surface area contributed by atoms with Crippen molar-refractivity contribution in [1.82, 2.24) is 4.98 Å². The molecule has 0 aliphatic carbocycles. The highest BCUT2D eigenvalue weighted by Crippen LogP contribution is 2.32. The van der Waals surface area contributed by atoms with Gasteiger partial charge in [0.2, 0.25) is 0 Å². The number of carbonyl (C=O) groups is 1. The number of nitrogens with zero attached hydrogens (tertiary/aromatic N) is 2. The lowest BCUT2D eigenvalue weighted by Crippen LogP contribution is -2.08. The van der Waals surface area contributed by atoms with Gasteiger partial charge in [-0.3, -0.25) is 0 Å². The number of methoxy groups -OCH3 is 1. The zero-order valence-corrected chi connectivity index (χ0v) is 11.8. The summed E-state index contributed by atoms with van der Waals surface area (Å²) in [5.74, 6) is 0.133. The van der Waals surface area contributed by atoms with Crippen LogP contribution in [0.4, 0.5) is 0 Å². The molecular formula is C16H14N2O3. The van der Waals surface area contributed by atoms with E-state index in [4.69, 9.17) is 14.7 Å². The minimum atomic E-state index is -0.476. The minimum Gasteiger partial charge on any atom is -0.496 e. The first-order chi connectivity index (χ1) is 10.2. The van der Waals surface area contributed by atoms with Gasteiger partial charge >= 0.3 is 5.97 Å². The molecule has 21 heavy (non-hydrogen) atoms. The molecule has 5 heteroatoms. The van der Waals surface area contributed by atoms with Gasteiger partial charge in [-0.2, -0.15) is 5.26 Å². The van der Waals surface area contributed by atoms with Crippen molar-refractivity contribution >= 4 is 5.97 Å². The van der Waals surface area contributed by atoms with Crippen LogP contribution in [0.3, 0.4) is 0 Å². The van der Waals surface area contributed by atoms with Crippen molar-refractivity contribution in [2.75, 3.05) is 13.7 Å². The number of carbonyl (C=O) groups excluding carboxylic acids is 1. The standard InChI is InChI=1S/C16H14N2O3/c1-3-21-16(19)14-10-18-11(9-17)8-13(14)12-6-4-5-7-15(12)20-2/h4-8,10H,3H2,1-2H3. The Labute approximate surface area is 122 Å². The van der Waals surface area contributed by atoms with Crippen LogP contribution in [0.1, 0.15) is 23.0 Å². The third-order valence-corrected chi connectivity index (χ3v) is 2.91. The molecule has 0 aliphatic heterocycles. The molecule has 0 N–H and O–H groups in total. The molecule has 2 aromatic rings. The minimum absolute atomic E-state index is 0.226. The maximum atomic E-state index is 12.1. The van der Waals surface area contributed by atoms with E-state index in [1.54, 1.807) is 26.2 Å². The number of ether oxygens (including phenoxy) is 2. The summed E-state index contributed by atoms with van der Waals surface area (Å²) in [6, 6.07) is 10.8. The average molecular weight is 282 g/mol. The summed E-state index contributed by atoms with van der Waals surface area (Å²) < 4.78 is 10.3. The third-order valence-electron chi connectivity index (χ3n) is 2.91. The topological polar surface area (TPSA) is 72.2 Å². The number of benzene rings is 1. The van der Waals surface area contributed by atoms with Crippen molar-refractivity contribution in [3.05, 3.63) is 47.8 Å². The Morgan fingerprint density at radius 1 is 1.33 bits per heavy atom. The van der Waals surface area contributed by atoms with Gasteiger partial charge in [0.25, 0.3) is 0 Å². The monoisotopic (exact) mass is 282 g/mol. The predicted octanol–water partition coefficient (Wildman–Crippen LogP) is 2.81. The van der Waals surface area contributed by atoms with E-state index in [9.17, 15) is 4.79 Å². The van der Waals surface area contributed by atoms with Crippen molar-refractivity contribution in [2.24, 2.45) is 0 Å². The first-order valence-electron chi connectivity index (χ1n) is 6.42. The molecule has 0 aliphatic rings. The van der Waals surface area contributed by atoms with Crippen LogP contribution in [0.15, 0.2) is 36.5 Å². The maximum absolute atomic E-state index is 12.1. The fraction of sp³-hybridized carbons (Fsp3) is 0.188. The molecule has 0 fully saturated rings. The lowest BCUT2D eigenvalue weighted by molar-refractivity contribution is 0.0527. The quantitative estimate of drug-likeness (QED) is 0.806. The van der Waals surface area contributed by atoms with Crippen LogP contribution in [-0.2, 0) is 4.74 Å². The largest absolute Gasteiger partial charge is 0.496 e. The Kier molecular flexibility index (Phi) is 4.52. The normalized spacial score (nSPS) is 9.76. The number of rotatable bonds is 4. The van der Waals surface area contributed by atoms with Crippen molar-refractivity contribution in [1.29, 1.82) is 5.26 Å². The summed E-state index contributed by atoms with van der Waals surface area (Å²) in [7, 11) is 1.55. The first kappa shape index (κ1) is 14.5. The smallest absolute Gasteiger partial charge is 0.340 e. The van der Waals surface area contributed by atoms with Crippen molar-refractivity contribution in [3.63, 3.8) is 0 Å². The van der Waals surface area contributed by atoms with Gasteiger partial charge in [0.1, 0.15) is 17.5 Å². The van der Waals surface area contributed by atoms with E-state index in [1.807, 2.05) is 24.3 Å². The molecule has 1 heterocycles. The number of para-hydroxylation sites is 1. The summed E-state index contributed by atoms with van der Waals surface area (Å²) in [4.78, 5) is 16.0. The lowest BCUT2D eigenvalue weighted by atomic mass is 9.99. The average Bonchev–Trinajstić information content (AvgIpc) is 2.54. The van der Waals surface area contributed by atoms with Gasteiger partial charge in [0.15, 0.2) is 0 Å². The molecule has 0 spiro atoms. The molecule has 106 valence electrons. The Bertz CT molecular complexity index is 705. The van der Waals surface area contributed by atoms with Crippen molar-refractivity contribution in [3.8, 4) is 22.9 Å². The number of pyridine rings is 1. The second-order valence-corrected chi connectivity index (χ2v) is 4.15. The summed E-state index contributed by atoms with van der Waals surface area (Å²) in [6.45, 7) is 2.00. The van der Waals surface area contributed by atoms with E-state index in [2.05, 4.69) is 4.98 Å². The number of esters is 1. The van der Waals surface area contributed by atoms with Gasteiger partial charge in [-0.25, -0.2) is 9.78 Å². The second-order valence-electron chi connectivity index (χ2n) is 4.15. The van der Waals surface area contributed by atoms with E-state index >= 15 is 0 Å². The fourth-order valence-electron chi connectivity index (χ4n) is 1.98. The zero-order chi connectivity index (χ0) is 15.2. The molecule has 0 atom stereocenters. The molecule has 1 aromatic carbocycles. The zero-order valence-electron chi connectivity index (χ0n) is 11.8. The number of aromatic nitrogens is 1.